The van der Waals surface area contributed by atoms with Crippen molar-refractivity contribution in [1.29, 1.82) is 0 Å². The highest BCUT2D eigenvalue weighted by atomic mass is 16.5. The number of hydrogen-bond acceptors (Lipinski definition) is 5. The topological polar surface area (TPSA) is 101 Å². The SMILES string of the molecule is Cc1cc(NC(=O)CN(C)C(=O)Cc2ccc(N)cc2)no1. The molecule has 0 spiro atoms. The van der Waals surface area contributed by atoms with Gasteiger partial charge in [-0.1, -0.05) is 17.3 Å². The van der Waals surface area contributed by atoms with E-state index in [9.17, 15) is 9.59 Å². The molecular formula is C15H18N4O3. The Morgan fingerprint density at radius 1 is 1.32 bits per heavy atom. The maximum Gasteiger partial charge on any atom is 0.245 e. The van der Waals surface area contributed by atoms with Crippen LogP contribution in [0, 0.1) is 6.92 Å². The molecule has 7 nitrogen and oxygen atoms in total. The largest absolute Gasteiger partial charge is 0.399 e. The third-order valence-electron chi connectivity index (χ3n) is 3.04. The number of rotatable bonds is 5. The second kappa shape index (κ2) is 6.75. The zero-order chi connectivity index (χ0) is 16.1. The molecule has 1 aromatic heterocycles. The monoisotopic (exact) mass is 302 g/mol. The predicted octanol–water partition coefficient (Wildman–Crippen LogP) is 1.20. The summed E-state index contributed by atoms with van der Waals surface area (Å²) in [6, 6.07) is 8.66. The van der Waals surface area contributed by atoms with Gasteiger partial charge in [0.1, 0.15) is 5.76 Å². The number of carbonyl (C=O) groups excluding carboxylic acids is 2. The minimum atomic E-state index is -0.332. The van der Waals surface area contributed by atoms with Crippen LogP contribution < -0.4 is 11.1 Å². The lowest BCUT2D eigenvalue weighted by molar-refractivity contribution is -0.132. The van der Waals surface area contributed by atoms with Crippen LogP contribution >= 0.6 is 0 Å². The van der Waals surface area contributed by atoms with Crippen LogP contribution in [0.15, 0.2) is 34.9 Å². The van der Waals surface area contributed by atoms with Crippen molar-refractivity contribution in [2.24, 2.45) is 0 Å². The molecule has 1 heterocycles. The predicted molar refractivity (Wildman–Crippen MR) is 82.1 cm³/mol. The fourth-order valence-electron chi connectivity index (χ4n) is 1.86. The van der Waals surface area contributed by atoms with Crippen LogP contribution in [0.3, 0.4) is 0 Å². The summed E-state index contributed by atoms with van der Waals surface area (Å²) in [5, 5.41) is 6.23. The summed E-state index contributed by atoms with van der Waals surface area (Å²) in [5.74, 6) is 0.447. The molecule has 3 N–H and O–H groups in total. The Morgan fingerprint density at radius 3 is 2.59 bits per heavy atom. The van der Waals surface area contributed by atoms with E-state index in [1.165, 1.54) is 4.90 Å². The summed E-state index contributed by atoms with van der Waals surface area (Å²) >= 11 is 0. The zero-order valence-electron chi connectivity index (χ0n) is 12.5. The first-order chi connectivity index (χ1) is 10.4. The highest BCUT2D eigenvalue weighted by molar-refractivity contribution is 5.94. The van der Waals surface area contributed by atoms with E-state index in [0.717, 1.165) is 5.56 Å². The number of hydrogen-bond donors (Lipinski definition) is 2. The van der Waals surface area contributed by atoms with Crippen LogP contribution in [0.4, 0.5) is 11.5 Å². The number of aryl methyl sites for hydroxylation is 1. The molecule has 0 radical (unpaired) electrons. The van der Waals surface area contributed by atoms with Crippen molar-refractivity contribution in [2.75, 3.05) is 24.6 Å². The van der Waals surface area contributed by atoms with E-state index in [2.05, 4.69) is 10.5 Å². The van der Waals surface area contributed by atoms with E-state index in [1.807, 2.05) is 0 Å². The number of likely N-dealkylation sites (N-methyl/N-ethyl adjacent to an activating group) is 1. The number of amides is 2. The van der Waals surface area contributed by atoms with Gasteiger partial charge in [0.25, 0.3) is 0 Å². The van der Waals surface area contributed by atoms with Crippen molar-refractivity contribution in [1.82, 2.24) is 10.1 Å². The van der Waals surface area contributed by atoms with Gasteiger partial charge in [0.15, 0.2) is 5.82 Å². The van der Waals surface area contributed by atoms with Gasteiger partial charge in [-0.2, -0.15) is 0 Å². The first kappa shape index (κ1) is 15.6. The van der Waals surface area contributed by atoms with E-state index >= 15 is 0 Å². The van der Waals surface area contributed by atoms with Gasteiger partial charge in [-0.05, 0) is 24.6 Å². The van der Waals surface area contributed by atoms with E-state index in [4.69, 9.17) is 10.3 Å². The molecule has 0 atom stereocenters. The van der Waals surface area contributed by atoms with Crippen molar-refractivity contribution >= 4 is 23.3 Å². The molecule has 0 saturated carbocycles. The molecule has 0 aliphatic carbocycles. The molecule has 7 heteroatoms. The average molecular weight is 302 g/mol. The van der Waals surface area contributed by atoms with E-state index in [0.29, 0.717) is 17.3 Å². The van der Waals surface area contributed by atoms with Crippen LogP contribution in [-0.2, 0) is 16.0 Å². The van der Waals surface area contributed by atoms with Crippen LogP contribution in [0.5, 0.6) is 0 Å². The lowest BCUT2D eigenvalue weighted by atomic mass is 10.1. The van der Waals surface area contributed by atoms with Gasteiger partial charge in [-0.25, -0.2) is 0 Å². The Bertz CT molecular complexity index is 664. The fraction of sp³-hybridized carbons (Fsp3) is 0.267. The molecular weight excluding hydrogens is 284 g/mol. The number of carbonyl (C=O) groups is 2. The molecule has 0 bridgehead atoms. The Balaban J connectivity index is 1.85. The van der Waals surface area contributed by atoms with Crippen molar-refractivity contribution < 1.29 is 14.1 Å². The summed E-state index contributed by atoms with van der Waals surface area (Å²) in [6.07, 6.45) is 0.215. The first-order valence-electron chi connectivity index (χ1n) is 6.75. The number of anilines is 2. The van der Waals surface area contributed by atoms with Crippen LogP contribution in [0.25, 0.3) is 0 Å². The number of nitrogen functional groups attached to an aromatic ring is 1. The normalized spacial score (nSPS) is 10.3. The lowest BCUT2D eigenvalue weighted by Crippen LogP contribution is -2.35. The van der Waals surface area contributed by atoms with Gasteiger partial charge >= 0.3 is 0 Å². The molecule has 0 aliphatic rings. The number of nitrogens with two attached hydrogens (primary N) is 1. The van der Waals surface area contributed by atoms with Gasteiger partial charge < -0.3 is 20.5 Å². The number of benzene rings is 1. The molecule has 1 aromatic carbocycles. The van der Waals surface area contributed by atoms with Gasteiger partial charge in [-0.15, -0.1) is 0 Å². The molecule has 0 aliphatic heterocycles. The lowest BCUT2D eigenvalue weighted by Gasteiger charge is -2.16. The van der Waals surface area contributed by atoms with Crippen molar-refractivity contribution in [2.45, 2.75) is 13.3 Å². The van der Waals surface area contributed by atoms with Crippen LogP contribution in [0.2, 0.25) is 0 Å². The summed E-state index contributed by atoms with van der Waals surface area (Å²) in [5.41, 5.74) is 7.09. The molecule has 22 heavy (non-hydrogen) atoms. The van der Waals surface area contributed by atoms with Gasteiger partial charge in [-0.3, -0.25) is 9.59 Å². The second-order valence-corrected chi connectivity index (χ2v) is 5.04. The Kier molecular flexibility index (Phi) is 4.77. The minimum absolute atomic E-state index is 0.0558. The Hall–Kier alpha value is -2.83. The maximum atomic E-state index is 12.1. The van der Waals surface area contributed by atoms with E-state index in [1.54, 1.807) is 44.3 Å². The van der Waals surface area contributed by atoms with Crippen LogP contribution in [-0.4, -0.2) is 35.5 Å². The Morgan fingerprint density at radius 2 is 2.00 bits per heavy atom. The first-order valence-corrected chi connectivity index (χ1v) is 6.75. The number of nitrogens with zero attached hydrogens (tertiary/aromatic N) is 2. The van der Waals surface area contributed by atoms with Crippen LogP contribution in [0.1, 0.15) is 11.3 Å². The molecule has 2 amide bonds. The summed E-state index contributed by atoms with van der Waals surface area (Å²) < 4.78 is 4.85. The third kappa shape index (κ3) is 4.34. The smallest absolute Gasteiger partial charge is 0.245 e. The molecule has 2 rings (SSSR count). The highest BCUT2D eigenvalue weighted by Crippen LogP contribution is 2.08. The molecule has 0 fully saturated rings. The molecule has 2 aromatic rings. The number of nitrogens with one attached hydrogen (secondary N) is 1. The zero-order valence-corrected chi connectivity index (χ0v) is 12.5. The minimum Gasteiger partial charge on any atom is -0.399 e. The average Bonchev–Trinajstić information content (AvgIpc) is 2.86. The van der Waals surface area contributed by atoms with E-state index in [-0.39, 0.29) is 24.8 Å². The summed E-state index contributed by atoms with van der Waals surface area (Å²) in [6.45, 7) is 1.67. The third-order valence-corrected chi connectivity index (χ3v) is 3.04. The second-order valence-electron chi connectivity index (χ2n) is 5.04. The van der Waals surface area contributed by atoms with E-state index < -0.39 is 0 Å². The highest BCUT2D eigenvalue weighted by Gasteiger charge is 2.14. The summed E-state index contributed by atoms with van der Waals surface area (Å²) in [7, 11) is 1.58. The van der Waals surface area contributed by atoms with Crippen molar-refractivity contribution in [3.8, 4) is 0 Å². The van der Waals surface area contributed by atoms with Crippen molar-refractivity contribution in [3.63, 3.8) is 0 Å². The van der Waals surface area contributed by atoms with Crippen molar-refractivity contribution in [3.05, 3.63) is 41.7 Å². The van der Waals surface area contributed by atoms with Gasteiger partial charge in [0.05, 0.1) is 13.0 Å². The Labute approximate surface area is 128 Å². The molecule has 0 saturated heterocycles. The quantitative estimate of drug-likeness (QED) is 0.808. The van der Waals surface area contributed by atoms with Gasteiger partial charge in [0.2, 0.25) is 11.8 Å². The molecule has 116 valence electrons. The number of aromatic nitrogens is 1. The standard InChI is InChI=1S/C15H18N4O3/c1-10-7-13(18-22-10)17-14(20)9-19(2)15(21)8-11-3-5-12(16)6-4-11/h3-7H,8-9,16H2,1-2H3,(H,17,18,20). The molecule has 0 unspecified atom stereocenters. The maximum absolute atomic E-state index is 12.1. The fourth-order valence-corrected chi connectivity index (χ4v) is 1.86. The van der Waals surface area contributed by atoms with Gasteiger partial charge in [0, 0.05) is 18.8 Å². The summed E-state index contributed by atoms with van der Waals surface area (Å²) in [4.78, 5) is 25.3.